The topological polar surface area (TPSA) is 46.9 Å². The van der Waals surface area contributed by atoms with Gasteiger partial charge in [-0.3, -0.25) is 9.48 Å². The number of aromatic nitrogens is 2. The first-order chi connectivity index (χ1) is 8.45. The monoisotopic (exact) mass is 327 g/mol. The van der Waals surface area contributed by atoms with E-state index < -0.39 is 0 Å². The Morgan fingerprint density at radius 3 is 2.67 bits per heavy atom. The number of amides is 1. The molecule has 0 aliphatic carbocycles. The molecule has 0 atom stereocenters. The normalized spacial score (nSPS) is 10.4. The lowest BCUT2D eigenvalue weighted by atomic mass is 10.2. The number of hydrogen-bond donors (Lipinski definition) is 1. The number of anilines is 1. The fraction of sp³-hybridized carbons (Fsp3) is 0.167. The molecule has 1 aromatic carbocycles. The van der Waals surface area contributed by atoms with Crippen molar-refractivity contribution in [3.8, 4) is 0 Å². The third-order valence-corrected chi connectivity index (χ3v) is 3.04. The van der Waals surface area contributed by atoms with Crippen LogP contribution in [0.1, 0.15) is 16.1 Å². The molecule has 18 heavy (non-hydrogen) atoms. The summed E-state index contributed by atoms with van der Waals surface area (Å²) >= 11 is 9.21. The average Bonchev–Trinajstić information content (AvgIpc) is 2.56. The summed E-state index contributed by atoms with van der Waals surface area (Å²) in [6.07, 6.45) is 0. The Labute approximate surface area is 118 Å². The van der Waals surface area contributed by atoms with Gasteiger partial charge in [-0.1, -0.05) is 27.5 Å². The lowest BCUT2D eigenvalue weighted by Gasteiger charge is -2.06. The standard InChI is InChI=1S/C12H11BrClN3O/c1-7-3-11(17(2)16-7)15-12(18)8-4-9(13)6-10(14)5-8/h3-6H,1-2H3,(H,15,18). The van der Waals surface area contributed by atoms with Gasteiger partial charge in [0.05, 0.1) is 5.69 Å². The quantitative estimate of drug-likeness (QED) is 0.918. The molecule has 0 aliphatic rings. The van der Waals surface area contributed by atoms with Crippen LogP contribution in [-0.4, -0.2) is 15.7 Å². The molecule has 2 aromatic rings. The fourth-order valence-corrected chi connectivity index (χ4v) is 2.46. The number of aryl methyl sites for hydroxylation is 2. The Bertz CT molecular complexity index is 589. The second-order valence-electron chi connectivity index (χ2n) is 3.91. The van der Waals surface area contributed by atoms with Gasteiger partial charge in [-0.15, -0.1) is 0 Å². The second kappa shape index (κ2) is 5.12. The van der Waals surface area contributed by atoms with Crippen molar-refractivity contribution in [2.45, 2.75) is 6.92 Å². The summed E-state index contributed by atoms with van der Waals surface area (Å²) in [5.41, 5.74) is 1.34. The minimum absolute atomic E-state index is 0.221. The van der Waals surface area contributed by atoms with Gasteiger partial charge in [-0.25, -0.2) is 0 Å². The van der Waals surface area contributed by atoms with Crippen LogP contribution >= 0.6 is 27.5 Å². The van der Waals surface area contributed by atoms with Crippen molar-refractivity contribution in [2.75, 3.05) is 5.32 Å². The molecule has 0 aliphatic heterocycles. The molecular formula is C12H11BrClN3O. The van der Waals surface area contributed by atoms with Crippen LogP contribution in [0.5, 0.6) is 0 Å². The molecular weight excluding hydrogens is 318 g/mol. The zero-order valence-corrected chi connectivity index (χ0v) is 12.2. The minimum Gasteiger partial charge on any atom is -0.307 e. The highest BCUT2D eigenvalue weighted by molar-refractivity contribution is 9.10. The molecule has 0 saturated carbocycles. The first kappa shape index (κ1) is 13.1. The third-order valence-electron chi connectivity index (χ3n) is 2.37. The van der Waals surface area contributed by atoms with E-state index in [2.05, 4.69) is 26.3 Å². The van der Waals surface area contributed by atoms with Crippen LogP contribution in [0.3, 0.4) is 0 Å². The van der Waals surface area contributed by atoms with Crippen LogP contribution in [0.15, 0.2) is 28.7 Å². The first-order valence-electron chi connectivity index (χ1n) is 5.24. The Kier molecular flexibility index (Phi) is 3.73. The zero-order valence-electron chi connectivity index (χ0n) is 9.87. The molecule has 1 aromatic heterocycles. The van der Waals surface area contributed by atoms with E-state index in [9.17, 15) is 4.79 Å². The molecule has 94 valence electrons. The molecule has 2 rings (SSSR count). The SMILES string of the molecule is Cc1cc(NC(=O)c2cc(Cl)cc(Br)c2)n(C)n1. The van der Waals surface area contributed by atoms with Gasteiger partial charge >= 0.3 is 0 Å². The van der Waals surface area contributed by atoms with Crippen LogP contribution in [0.4, 0.5) is 5.82 Å². The molecule has 1 N–H and O–H groups in total. The molecule has 1 amide bonds. The zero-order chi connectivity index (χ0) is 13.3. The summed E-state index contributed by atoms with van der Waals surface area (Å²) in [4.78, 5) is 12.0. The molecule has 1 heterocycles. The highest BCUT2D eigenvalue weighted by atomic mass is 79.9. The van der Waals surface area contributed by atoms with Crippen LogP contribution in [0, 0.1) is 6.92 Å². The summed E-state index contributed by atoms with van der Waals surface area (Å²) in [6.45, 7) is 1.87. The van der Waals surface area contributed by atoms with Crippen molar-refractivity contribution < 1.29 is 4.79 Å². The van der Waals surface area contributed by atoms with E-state index in [4.69, 9.17) is 11.6 Å². The van der Waals surface area contributed by atoms with Gasteiger partial charge in [0.15, 0.2) is 0 Å². The maximum absolute atomic E-state index is 12.0. The van der Waals surface area contributed by atoms with Crippen molar-refractivity contribution in [3.63, 3.8) is 0 Å². The van der Waals surface area contributed by atoms with Crippen LogP contribution in [-0.2, 0) is 7.05 Å². The number of benzene rings is 1. The third kappa shape index (κ3) is 2.91. The van der Waals surface area contributed by atoms with Crippen molar-refractivity contribution in [1.82, 2.24) is 9.78 Å². The van der Waals surface area contributed by atoms with E-state index in [-0.39, 0.29) is 5.91 Å². The predicted molar refractivity (Wildman–Crippen MR) is 75.1 cm³/mol. The molecule has 0 saturated heterocycles. The van der Waals surface area contributed by atoms with Crippen molar-refractivity contribution in [1.29, 1.82) is 0 Å². The van der Waals surface area contributed by atoms with E-state index in [0.29, 0.717) is 16.4 Å². The molecule has 0 bridgehead atoms. The van der Waals surface area contributed by atoms with Gasteiger partial charge in [-0.2, -0.15) is 5.10 Å². The van der Waals surface area contributed by atoms with Gasteiger partial charge in [0, 0.05) is 28.2 Å². The number of nitrogens with one attached hydrogen (secondary N) is 1. The number of rotatable bonds is 2. The molecule has 4 nitrogen and oxygen atoms in total. The summed E-state index contributed by atoms with van der Waals surface area (Å²) in [6, 6.07) is 6.86. The molecule has 0 unspecified atom stereocenters. The largest absolute Gasteiger partial charge is 0.307 e. The fourth-order valence-electron chi connectivity index (χ4n) is 1.60. The van der Waals surface area contributed by atoms with E-state index in [1.54, 1.807) is 36.0 Å². The molecule has 0 fully saturated rings. The first-order valence-corrected chi connectivity index (χ1v) is 6.41. The Hall–Kier alpha value is -1.33. The van der Waals surface area contributed by atoms with E-state index in [1.165, 1.54) is 0 Å². The van der Waals surface area contributed by atoms with Crippen LogP contribution in [0.2, 0.25) is 5.02 Å². The Morgan fingerprint density at radius 2 is 2.11 bits per heavy atom. The van der Waals surface area contributed by atoms with Crippen molar-refractivity contribution >= 4 is 39.3 Å². The van der Waals surface area contributed by atoms with Gasteiger partial charge in [0.25, 0.3) is 5.91 Å². The molecule has 6 heteroatoms. The highest BCUT2D eigenvalue weighted by Gasteiger charge is 2.10. The van der Waals surface area contributed by atoms with E-state index in [1.807, 2.05) is 6.92 Å². The maximum atomic E-state index is 12.0. The minimum atomic E-state index is -0.221. The highest BCUT2D eigenvalue weighted by Crippen LogP contribution is 2.20. The van der Waals surface area contributed by atoms with Crippen molar-refractivity contribution in [3.05, 3.63) is 45.0 Å². The summed E-state index contributed by atoms with van der Waals surface area (Å²) in [7, 11) is 1.77. The Balaban J connectivity index is 2.24. The van der Waals surface area contributed by atoms with Gasteiger partial charge in [-0.05, 0) is 25.1 Å². The molecule has 0 radical (unpaired) electrons. The smallest absolute Gasteiger partial charge is 0.256 e. The Morgan fingerprint density at radius 1 is 1.39 bits per heavy atom. The number of carbonyl (C=O) groups excluding carboxylic acids is 1. The van der Waals surface area contributed by atoms with Crippen LogP contribution < -0.4 is 5.32 Å². The lowest BCUT2D eigenvalue weighted by Crippen LogP contribution is -2.14. The van der Waals surface area contributed by atoms with Gasteiger partial charge in [0.1, 0.15) is 5.82 Å². The lowest BCUT2D eigenvalue weighted by molar-refractivity contribution is 0.102. The predicted octanol–water partition coefficient (Wildman–Crippen LogP) is 3.40. The van der Waals surface area contributed by atoms with Crippen LogP contribution in [0.25, 0.3) is 0 Å². The van der Waals surface area contributed by atoms with Gasteiger partial charge in [0.2, 0.25) is 0 Å². The number of hydrogen-bond acceptors (Lipinski definition) is 2. The van der Waals surface area contributed by atoms with Gasteiger partial charge < -0.3 is 5.32 Å². The van der Waals surface area contributed by atoms with E-state index in [0.717, 1.165) is 10.2 Å². The summed E-state index contributed by atoms with van der Waals surface area (Å²) in [5.74, 6) is 0.426. The molecule has 0 spiro atoms. The maximum Gasteiger partial charge on any atom is 0.256 e. The number of carbonyl (C=O) groups is 1. The van der Waals surface area contributed by atoms with Crippen molar-refractivity contribution in [2.24, 2.45) is 7.05 Å². The average molecular weight is 329 g/mol. The second-order valence-corrected chi connectivity index (χ2v) is 5.26. The van der Waals surface area contributed by atoms with E-state index >= 15 is 0 Å². The summed E-state index contributed by atoms with van der Waals surface area (Å²) in [5, 5.41) is 7.45. The number of halogens is 2. The summed E-state index contributed by atoms with van der Waals surface area (Å²) < 4.78 is 2.38. The number of nitrogens with zero attached hydrogens (tertiary/aromatic N) is 2.